The van der Waals surface area contributed by atoms with Crippen LogP contribution in [0.5, 0.6) is 11.5 Å². The second kappa shape index (κ2) is 7.70. The Kier molecular flexibility index (Phi) is 5.90. The first-order chi connectivity index (χ1) is 11.0. The van der Waals surface area contributed by atoms with Crippen molar-refractivity contribution < 1.29 is 9.47 Å². The molecule has 0 saturated heterocycles. The number of ether oxygens (including phenoxy) is 2. The lowest BCUT2D eigenvalue weighted by Crippen LogP contribution is -2.55. The van der Waals surface area contributed by atoms with Crippen LogP contribution in [-0.4, -0.2) is 35.3 Å². The molecule has 124 valence electrons. The Morgan fingerprint density at radius 3 is 2.78 bits per heavy atom. The molecule has 3 N–H and O–H groups in total. The van der Waals surface area contributed by atoms with E-state index in [2.05, 4.69) is 26.1 Å². The number of nitrogens with zero attached hydrogens (tertiary/aromatic N) is 1. The highest BCUT2D eigenvalue weighted by Gasteiger charge is 2.30. The molecule has 1 unspecified atom stereocenters. The van der Waals surface area contributed by atoms with Crippen molar-refractivity contribution in [3.63, 3.8) is 0 Å². The minimum Gasteiger partial charge on any atom is -0.497 e. The zero-order chi connectivity index (χ0) is 16.9. The van der Waals surface area contributed by atoms with E-state index in [0.29, 0.717) is 0 Å². The van der Waals surface area contributed by atoms with Gasteiger partial charge < -0.3 is 25.4 Å². The fourth-order valence-electron chi connectivity index (χ4n) is 2.38. The van der Waals surface area contributed by atoms with E-state index in [9.17, 15) is 0 Å². The van der Waals surface area contributed by atoms with Gasteiger partial charge >= 0.3 is 0 Å². The summed E-state index contributed by atoms with van der Waals surface area (Å²) in [7, 11) is 3.32. The molecule has 0 aliphatic carbocycles. The molecule has 1 aromatic carbocycles. The van der Waals surface area contributed by atoms with E-state index >= 15 is 0 Å². The smallest absolute Gasteiger partial charge is 0.189 e. The zero-order valence-corrected chi connectivity index (χ0v) is 15.5. The molecule has 0 saturated carbocycles. The average molecular weight is 398 g/mol. The Hall–Kier alpha value is -1.73. The Bertz CT molecular complexity index is 636. The van der Waals surface area contributed by atoms with Gasteiger partial charge in [0.15, 0.2) is 9.68 Å². The number of halogens is 1. The Balaban J connectivity index is 2.14. The maximum atomic E-state index is 5.63. The molecule has 0 radical (unpaired) electrons. The van der Waals surface area contributed by atoms with E-state index in [4.69, 9.17) is 27.4 Å². The van der Waals surface area contributed by atoms with Crippen LogP contribution in [0.15, 0.2) is 42.6 Å². The Morgan fingerprint density at radius 1 is 1.35 bits per heavy atom. The second-order valence-corrected chi connectivity index (χ2v) is 6.63. The monoisotopic (exact) mass is 397 g/mol. The first-order valence-electron chi connectivity index (χ1n) is 7.08. The minimum atomic E-state index is -0.625. The molecule has 1 atom stereocenters. The van der Waals surface area contributed by atoms with Crippen LogP contribution in [-0.2, 0) is 6.42 Å². The molecular formula is C16H20BrN3O2S. The van der Waals surface area contributed by atoms with Crippen LogP contribution in [0.3, 0.4) is 0 Å². The van der Waals surface area contributed by atoms with Gasteiger partial charge in [0, 0.05) is 12.7 Å². The summed E-state index contributed by atoms with van der Waals surface area (Å²) in [6.07, 6.45) is 8.60. The molecule has 7 heteroatoms. The van der Waals surface area contributed by atoms with Gasteiger partial charge in [0.05, 0.1) is 14.2 Å². The molecule has 0 bridgehead atoms. The molecule has 5 nitrogen and oxygen atoms in total. The van der Waals surface area contributed by atoms with Crippen molar-refractivity contribution in [2.45, 2.75) is 11.0 Å². The molecule has 1 heterocycles. The molecule has 0 fully saturated rings. The maximum Gasteiger partial charge on any atom is 0.189 e. The van der Waals surface area contributed by atoms with E-state index in [1.165, 1.54) is 0 Å². The van der Waals surface area contributed by atoms with Gasteiger partial charge in [0.1, 0.15) is 11.5 Å². The third-order valence-corrected chi connectivity index (χ3v) is 4.54. The molecule has 0 spiro atoms. The Morgan fingerprint density at radius 2 is 2.13 bits per heavy atom. The van der Waals surface area contributed by atoms with Crippen molar-refractivity contribution in [3.8, 4) is 11.5 Å². The largest absolute Gasteiger partial charge is 0.497 e. The van der Waals surface area contributed by atoms with Crippen LogP contribution >= 0.6 is 28.1 Å². The van der Waals surface area contributed by atoms with E-state index < -0.39 is 4.57 Å². The third kappa shape index (κ3) is 4.39. The van der Waals surface area contributed by atoms with Gasteiger partial charge in [0.2, 0.25) is 0 Å². The summed E-state index contributed by atoms with van der Waals surface area (Å²) in [5.41, 5.74) is 6.70. The molecule has 2 rings (SSSR count). The van der Waals surface area contributed by atoms with Crippen molar-refractivity contribution >= 4 is 33.3 Å². The normalized spacial score (nSPS) is 19.5. The maximum absolute atomic E-state index is 5.63. The SMILES string of the molecule is COc1ccc(OC)c(CCN2C=CC=CC2(Br)NC(N)=S)c1. The lowest BCUT2D eigenvalue weighted by atomic mass is 10.1. The third-order valence-electron chi connectivity index (χ3n) is 3.52. The van der Waals surface area contributed by atoms with Crippen molar-refractivity contribution in [3.05, 3.63) is 48.2 Å². The van der Waals surface area contributed by atoms with Crippen LogP contribution in [0.25, 0.3) is 0 Å². The number of nitrogens with one attached hydrogen (secondary N) is 1. The predicted molar refractivity (Wildman–Crippen MR) is 99.8 cm³/mol. The van der Waals surface area contributed by atoms with Gasteiger partial charge in [-0.2, -0.15) is 0 Å². The average Bonchev–Trinajstić information content (AvgIpc) is 2.52. The summed E-state index contributed by atoms with van der Waals surface area (Å²) in [5.74, 6) is 1.64. The van der Waals surface area contributed by atoms with Gasteiger partial charge in [0.25, 0.3) is 0 Å². The van der Waals surface area contributed by atoms with Gasteiger partial charge in [-0.15, -0.1) is 0 Å². The predicted octanol–water partition coefficient (Wildman–Crippen LogP) is 2.51. The van der Waals surface area contributed by atoms with Crippen molar-refractivity contribution in [2.75, 3.05) is 20.8 Å². The number of alkyl halides is 1. The fourth-order valence-corrected chi connectivity index (χ4v) is 3.33. The zero-order valence-electron chi connectivity index (χ0n) is 13.1. The van der Waals surface area contributed by atoms with E-state index in [1.54, 1.807) is 14.2 Å². The van der Waals surface area contributed by atoms with E-state index in [-0.39, 0.29) is 5.11 Å². The molecule has 23 heavy (non-hydrogen) atoms. The molecule has 1 aliphatic rings. The number of allylic oxidation sites excluding steroid dienone is 2. The van der Waals surface area contributed by atoms with E-state index in [1.807, 2.05) is 42.6 Å². The quantitative estimate of drug-likeness (QED) is 0.436. The van der Waals surface area contributed by atoms with Crippen molar-refractivity contribution in [2.24, 2.45) is 5.73 Å². The Labute approximate surface area is 150 Å². The highest BCUT2D eigenvalue weighted by atomic mass is 79.9. The summed E-state index contributed by atoms with van der Waals surface area (Å²) in [4.78, 5) is 2.07. The summed E-state index contributed by atoms with van der Waals surface area (Å²) in [5, 5.41) is 3.28. The highest BCUT2D eigenvalue weighted by molar-refractivity contribution is 9.10. The number of rotatable bonds is 6. The number of benzene rings is 1. The summed E-state index contributed by atoms with van der Waals surface area (Å²) >= 11 is 8.62. The van der Waals surface area contributed by atoms with Gasteiger partial charge in [-0.1, -0.05) is 6.08 Å². The molecule has 1 aromatic rings. The standard InChI is InChI=1S/C16H20BrN3O2S/c1-21-13-5-6-14(22-2)12(11-13)7-10-20-9-4-3-8-16(20,17)19-15(18)23/h3-6,8-9,11H,7,10H2,1-2H3,(H3,18,19,23). The summed E-state index contributed by atoms with van der Waals surface area (Å²) in [6, 6.07) is 5.78. The van der Waals surface area contributed by atoms with Crippen LogP contribution in [0.4, 0.5) is 0 Å². The number of hydrogen-bond acceptors (Lipinski definition) is 4. The number of thiocarbonyl (C=S) groups is 1. The van der Waals surface area contributed by atoms with Gasteiger partial charge in [-0.3, -0.25) is 0 Å². The van der Waals surface area contributed by atoms with Crippen LogP contribution < -0.4 is 20.5 Å². The van der Waals surface area contributed by atoms with Crippen LogP contribution in [0.2, 0.25) is 0 Å². The van der Waals surface area contributed by atoms with Crippen molar-refractivity contribution in [1.82, 2.24) is 10.2 Å². The van der Waals surface area contributed by atoms with Gasteiger partial charge in [-0.25, -0.2) is 0 Å². The lowest BCUT2D eigenvalue weighted by Gasteiger charge is -2.39. The van der Waals surface area contributed by atoms with Crippen LogP contribution in [0.1, 0.15) is 5.56 Å². The fraction of sp³-hybridized carbons (Fsp3) is 0.312. The molecular weight excluding hydrogens is 378 g/mol. The second-order valence-electron chi connectivity index (χ2n) is 4.98. The molecule has 0 amide bonds. The minimum absolute atomic E-state index is 0.228. The first kappa shape index (κ1) is 17.6. The summed E-state index contributed by atoms with van der Waals surface area (Å²) < 4.78 is 10.1. The first-order valence-corrected chi connectivity index (χ1v) is 8.29. The molecule has 1 aliphatic heterocycles. The van der Waals surface area contributed by atoms with Crippen LogP contribution in [0, 0.1) is 0 Å². The topological polar surface area (TPSA) is 59.8 Å². The summed E-state index contributed by atoms with van der Waals surface area (Å²) in [6.45, 7) is 0.727. The molecule has 0 aromatic heterocycles. The number of hydrogen-bond donors (Lipinski definition) is 2. The number of methoxy groups -OCH3 is 2. The lowest BCUT2D eigenvalue weighted by molar-refractivity contribution is 0.277. The number of nitrogens with two attached hydrogens (primary N) is 1. The van der Waals surface area contributed by atoms with E-state index in [0.717, 1.165) is 30.0 Å². The van der Waals surface area contributed by atoms with Crippen molar-refractivity contribution in [1.29, 1.82) is 0 Å². The van der Waals surface area contributed by atoms with Gasteiger partial charge in [-0.05, 0) is 70.5 Å². The highest BCUT2D eigenvalue weighted by Crippen LogP contribution is 2.28.